The van der Waals surface area contributed by atoms with E-state index in [1.54, 1.807) is 30.3 Å². The molecule has 0 spiro atoms. The number of halogens is 1. The lowest BCUT2D eigenvalue weighted by Gasteiger charge is -2.34. The largest absolute Gasteiger partial charge is 0.491 e. The van der Waals surface area contributed by atoms with E-state index in [-0.39, 0.29) is 11.8 Å². The lowest BCUT2D eigenvalue weighted by atomic mass is 10.0. The molecule has 0 N–H and O–H groups in total. The minimum absolute atomic E-state index is 0.0316. The fraction of sp³-hybridized carbons (Fsp3) is 0.333. The summed E-state index contributed by atoms with van der Waals surface area (Å²) in [5, 5.41) is 0. The van der Waals surface area contributed by atoms with Crippen LogP contribution in [0.1, 0.15) is 19.4 Å². The van der Waals surface area contributed by atoms with Gasteiger partial charge in [0.15, 0.2) is 0 Å². The monoisotopic (exact) mass is 423 g/mol. The molecule has 0 saturated carbocycles. The number of hydrogen-bond acceptors (Lipinski definition) is 5. The van der Waals surface area contributed by atoms with Gasteiger partial charge in [-0.2, -0.15) is 0 Å². The number of ether oxygens (including phenoxy) is 1. The maximum Gasteiger partial charge on any atom is 0.282 e. The van der Waals surface area contributed by atoms with Crippen molar-refractivity contribution in [3.63, 3.8) is 0 Å². The number of amides is 2. The van der Waals surface area contributed by atoms with Gasteiger partial charge in [0.25, 0.3) is 11.8 Å². The van der Waals surface area contributed by atoms with E-state index in [4.69, 9.17) is 4.74 Å². The van der Waals surface area contributed by atoms with Crippen LogP contribution in [-0.2, 0) is 9.59 Å². The Kier molecular flexibility index (Phi) is 5.78. The molecule has 1 fully saturated rings. The summed E-state index contributed by atoms with van der Waals surface area (Å²) >= 11 is 0. The first kappa shape index (κ1) is 21.1. The summed E-state index contributed by atoms with van der Waals surface area (Å²) in [7, 11) is 2.03. The van der Waals surface area contributed by atoms with E-state index < -0.39 is 17.6 Å². The summed E-state index contributed by atoms with van der Waals surface area (Å²) in [6.45, 7) is 6.74. The van der Waals surface area contributed by atoms with Crippen LogP contribution in [0.3, 0.4) is 0 Å². The summed E-state index contributed by atoms with van der Waals surface area (Å²) in [5.41, 5.74) is 1.59. The van der Waals surface area contributed by atoms with E-state index in [0.717, 1.165) is 18.0 Å². The molecule has 0 atom stereocenters. The number of benzene rings is 2. The quantitative estimate of drug-likeness (QED) is 0.692. The third kappa shape index (κ3) is 4.18. The summed E-state index contributed by atoms with van der Waals surface area (Å²) in [6, 6.07) is 12.8. The number of anilines is 1. The van der Waals surface area contributed by atoms with E-state index in [9.17, 15) is 14.0 Å². The van der Waals surface area contributed by atoms with E-state index >= 15 is 0 Å². The molecule has 0 aliphatic carbocycles. The molecule has 0 radical (unpaired) electrons. The van der Waals surface area contributed by atoms with Gasteiger partial charge in [-0.15, -0.1) is 0 Å². The van der Waals surface area contributed by atoms with Crippen molar-refractivity contribution in [2.24, 2.45) is 0 Å². The van der Waals surface area contributed by atoms with Gasteiger partial charge in [0.05, 0.1) is 17.4 Å². The molecule has 0 unspecified atom stereocenters. The molecule has 0 bridgehead atoms. The molecular weight excluding hydrogens is 397 g/mol. The molecule has 4 rings (SSSR count). The van der Waals surface area contributed by atoms with Crippen molar-refractivity contribution in [2.75, 3.05) is 38.1 Å². The standard InChI is InChI=1S/C24H26FN3O3/c1-16(2)31-20-9-7-17(8-10-20)21-22(27-13-11-26(3)12-14-27)24(30)28(23(21)29)19-6-4-5-18(25)15-19/h4-10,15-16H,11-14H2,1-3H3. The number of imide groups is 1. The highest BCUT2D eigenvalue weighted by atomic mass is 19.1. The molecule has 6 nitrogen and oxygen atoms in total. The average molecular weight is 423 g/mol. The van der Waals surface area contributed by atoms with Gasteiger partial charge in [0.2, 0.25) is 0 Å². The predicted molar refractivity (Wildman–Crippen MR) is 117 cm³/mol. The zero-order valence-corrected chi connectivity index (χ0v) is 18.0. The number of hydrogen-bond donors (Lipinski definition) is 0. The van der Waals surface area contributed by atoms with E-state index in [0.29, 0.717) is 35.7 Å². The number of rotatable bonds is 5. The van der Waals surface area contributed by atoms with Crippen LogP contribution in [0, 0.1) is 5.82 Å². The average Bonchev–Trinajstić information content (AvgIpc) is 2.99. The SMILES string of the molecule is CC(C)Oc1ccc(C2=C(N3CCN(C)CC3)C(=O)N(c3cccc(F)c3)C2=O)cc1. The van der Waals surface area contributed by atoms with Crippen molar-refractivity contribution < 1.29 is 18.7 Å². The number of likely N-dealkylation sites (N-methyl/N-ethyl adjacent to an activating group) is 1. The minimum Gasteiger partial charge on any atom is -0.491 e. The predicted octanol–water partition coefficient (Wildman–Crippen LogP) is 3.14. The van der Waals surface area contributed by atoms with E-state index in [1.807, 2.05) is 25.8 Å². The van der Waals surface area contributed by atoms with Gasteiger partial charge in [-0.25, -0.2) is 9.29 Å². The molecule has 2 amide bonds. The highest BCUT2D eigenvalue weighted by Gasteiger charge is 2.43. The minimum atomic E-state index is -0.497. The van der Waals surface area contributed by atoms with Crippen molar-refractivity contribution in [1.82, 2.24) is 9.80 Å². The Balaban J connectivity index is 1.76. The van der Waals surface area contributed by atoms with E-state index in [1.165, 1.54) is 18.2 Å². The first-order valence-electron chi connectivity index (χ1n) is 10.4. The molecular formula is C24H26FN3O3. The van der Waals surface area contributed by atoms with Crippen molar-refractivity contribution in [2.45, 2.75) is 20.0 Å². The number of carbonyl (C=O) groups excluding carboxylic acids is 2. The maximum absolute atomic E-state index is 13.8. The molecule has 2 aromatic rings. The zero-order chi connectivity index (χ0) is 22.1. The highest BCUT2D eigenvalue weighted by Crippen LogP contribution is 2.35. The van der Waals surface area contributed by atoms with Gasteiger partial charge in [0, 0.05) is 26.2 Å². The third-order valence-corrected chi connectivity index (χ3v) is 5.46. The van der Waals surface area contributed by atoms with Crippen LogP contribution in [0.4, 0.5) is 10.1 Å². The van der Waals surface area contributed by atoms with Crippen LogP contribution in [0.15, 0.2) is 54.2 Å². The molecule has 7 heteroatoms. The number of piperazine rings is 1. The van der Waals surface area contributed by atoms with Crippen LogP contribution in [0.2, 0.25) is 0 Å². The summed E-state index contributed by atoms with van der Waals surface area (Å²) in [6.07, 6.45) is 0.0316. The fourth-order valence-corrected chi connectivity index (χ4v) is 3.92. The van der Waals surface area contributed by atoms with Crippen LogP contribution in [0.5, 0.6) is 5.75 Å². The van der Waals surface area contributed by atoms with Crippen molar-refractivity contribution in [3.8, 4) is 5.75 Å². The molecule has 2 aromatic carbocycles. The molecule has 2 aliphatic heterocycles. The molecule has 2 heterocycles. The van der Waals surface area contributed by atoms with Crippen LogP contribution >= 0.6 is 0 Å². The molecule has 31 heavy (non-hydrogen) atoms. The Morgan fingerprint density at radius 1 is 0.935 bits per heavy atom. The van der Waals surface area contributed by atoms with Crippen LogP contribution in [0.25, 0.3) is 5.57 Å². The van der Waals surface area contributed by atoms with Crippen molar-refractivity contribution in [1.29, 1.82) is 0 Å². The normalized spacial score (nSPS) is 17.8. The second-order valence-corrected chi connectivity index (χ2v) is 8.13. The summed E-state index contributed by atoms with van der Waals surface area (Å²) in [5.74, 6) is -0.665. The van der Waals surface area contributed by atoms with Gasteiger partial charge in [-0.3, -0.25) is 9.59 Å². The maximum atomic E-state index is 13.8. The van der Waals surface area contributed by atoms with Gasteiger partial charge < -0.3 is 14.5 Å². The van der Waals surface area contributed by atoms with Gasteiger partial charge in [-0.05, 0) is 56.8 Å². The first-order chi connectivity index (χ1) is 14.8. The number of carbonyl (C=O) groups is 2. The first-order valence-corrected chi connectivity index (χ1v) is 10.4. The van der Waals surface area contributed by atoms with Crippen molar-refractivity contribution >= 4 is 23.1 Å². The van der Waals surface area contributed by atoms with Crippen molar-refractivity contribution in [3.05, 3.63) is 65.6 Å². The number of nitrogens with zero attached hydrogens (tertiary/aromatic N) is 3. The van der Waals surface area contributed by atoms with E-state index in [2.05, 4.69) is 4.90 Å². The molecule has 2 aliphatic rings. The Bertz CT molecular complexity index is 1020. The second kappa shape index (κ2) is 8.51. The highest BCUT2D eigenvalue weighted by molar-refractivity contribution is 6.45. The van der Waals surface area contributed by atoms with Gasteiger partial charge in [0.1, 0.15) is 17.3 Å². The Labute approximate surface area is 181 Å². The second-order valence-electron chi connectivity index (χ2n) is 8.13. The topological polar surface area (TPSA) is 53.1 Å². The Morgan fingerprint density at radius 3 is 2.23 bits per heavy atom. The summed E-state index contributed by atoms with van der Waals surface area (Å²) < 4.78 is 19.5. The molecule has 162 valence electrons. The summed E-state index contributed by atoms with van der Waals surface area (Å²) in [4.78, 5) is 32.1. The lowest BCUT2D eigenvalue weighted by Crippen LogP contribution is -2.46. The molecule has 1 saturated heterocycles. The lowest BCUT2D eigenvalue weighted by molar-refractivity contribution is -0.120. The Morgan fingerprint density at radius 2 is 1.61 bits per heavy atom. The zero-order valence-electron chi connectivity index (χ0n) is 18.0. The van der Waals surface area contributed by atoms with Crippen LogP contribution < -0.4 is 9.64 Å². The Hall–Kier alpha value is -3.19. The fourth-order valence-electron chi connectivity index (χ4n) is 3.92. The van der Waals surface area contributed by atoms with Crippen LogP contribution in [-0.4, -0.2) is 60.9 Å². The third-order valence-electron chi connectivity index (χ3n) is 5.46. The molecule has 0 aromatic heterocycles. The van der Waals surface area contributed by atoms with Gasteiger partial charge >= 0.3 is 0 Å². The smallest absolute Gasteiger partial charge is 0.282 e. The van der Waals surface area contributed by atoms with Gasteiger partial charge in [-0.1, -0.05) is 18.2 Å².